The summed E-state index contributed by atoms with van der Waals surface area (Å²) in [7, 11) is 1.10. The summed E-state index contributed by atoms with van der Waals surface area (Å²) in [6, 6.07) is 5.62. The maximum atomic E-state index is 14.3. The molecule has 2 rings (SSSR count). The van der Waals surface area contributed by atoms with Gasteiger partial charge in [0.05, 0.1) is 17.1 Å². The summed E-state index contributed by atoms with van der Waals surface area (Å²) in [5, 5.41) is 11.3. The summed E-state index contributed by atoms with van der Waals surface area (Å²) in [6.45, 7) is 8.20. The van der Waals surface area contributed by atoms with Gasteiger partial charge in [-0.25, -0.2) is 14.0 Å². The number of hydrogen-bond donors (Lipinski definition) is 0. The van der Waals surface area contributed by atoms with Gasteiger partial charge in [0.1, 0.15) is 11.4 Å². The van der Waals surface area contributed by atoms with Crippen molar-refractivity contribution in [2.24, 2.45) is 0 Å². The SMILES string of the molecule is CCOCC.COC(=O)C(C)(C)OC(=O)c1cc(-c2c(F)cc(Cl)cc2Cl)ccc1[N+](=O)[O-]. The van der Waals surface area contributed by atoms with Crippen LogP contribution in [0.25, 0.3) is 11.1 Å². The standard InChI is InChI=1S/C18H14Cl2FNO6.C4H10O/c1-18(2,17(24)27-3)28-16(23)11-6-9(4-5-14(11)22(25)26)15-12(20)7-10(19)8-13(15)21;1-3-5-4-2/h4-8H,1-3H3;3-4H2,1-2H3. The minimum Gasteiger partial charge on any atom is -0.466 e. The van der Waals surface area contributed by atoms with Crippen LogP contribution in [0, 0.1) is 15.9 Å². The van der Waals surface area contributed by atoms with E-state index >= 15 is 0 Å². The molecule has 0 N–H and O–H groups in total. The summed E-state index contributed by atoms with van der Waals surface area (Å²) in [5.74, 6) is -2.79. The predicted octanol–water partition coefficient (Wildman–Crippen LogP) is 5.86. The van der Waals surface area contributed by atoms with Crippen LogP contribution in [0.4, 0.5) is 10.1 Å². The van der Waals surface area contributed by atoms with Crippen molar-refractivity contribution in [3.8, 4) is 11.1 Å². The molecule has 0 bridgehead atoms. The van der Waals surface area contributed by atoms with Crippen molar-refractivity contribution in [1.29, 1.82) is 0 Å². The van der Waals surface area contributed by atoms with Crippen molar-refractivity contribution >= 4 is 40.8 Å². The van der Waals surface area contributed by atoms with Gasteiger partial charge in [0.25, 0.3) is 5.69 Å². The Bertz CT molecular complexity index is 1000. The van der Waals surface area contributed by atoms with Gasteiger partial charge >= 0.3 is 11.9 Å². The molecular formula is C22H24Cl2FNO7. The van der Waals surface area contributed by atoms with Crippen molar-refractivity contribution in [3.05, 3.63) is 61.9 Å². The molecule has 0 saturated heterocycles. The average Bonchev–Trinajstić information content (AvgIpc) is 2.72. The zero-order valence-electron chi connectivity index (χ0n) is 18.7. The number of benzene rings is 2. The van der Waals surface area contributed by atoms with Gasteiger partial charge in [-0.15, -0.1) is 0 Å². The molecule has 180 valence electrons. The Kier molecular flexibility index (Phi) is 10.7. The summed E-state index contributed by atoms with van der Waals surface area (Å²) in [6.07, 6.45) is 0. The third-order valence-electron chi connectivity index (χ3n) is 4.14. The molecule has 0 saturated carbocycles. The van der Waals surface area contributed by atoms with E-state index in [-0.39, 0.29) is 21.2 Å². The lowest BCUT2D eigenvalue weighted by molar-refractivity contribution is -0.385. The van der Waals surface area contributed by atoms with E-state index in [2.05, 4.69) is 4.74 Å². The number of esters is 2. The van der Waals surface area contributed by atoms with Crippen LogP contribution in [0.15, 0.2) is 30.3 Å². The number of rotatable bonds is 7. The molecule has 0 aliphatic heterocycles. The summed E-state index contributed by atoms with van der Waals surface area (Å²) >= 11 is 11.8. The van der Waals surface area contributed by atoms with Crippen LogP contribution in [0.3, 0.4) is 0 Å². The summed E-state index contributed by atoms with van der Waals surface area (Å²) in [4.78, 5) is 34.7. The fraction of sp³-hybridized carbons (Fsp3) is 0.364. The molecule has 0 fully saturated rings. The molecule has 0 aromatic heterocycles. The van der Waals surface area contributed by atoms with Crippen LogP contribution in [0.1, 0.15) is 38.1 Å². The second-order valence-corrected chi connectivity index (χ2v) is 7.75. The van der Waals surface area contributed by atoms with Crippen molar-refractivity contribution in [2.45, 2.75) is 33.3 Å². The van der Waals surface area contributed by atoms with Crippen LogP contribution in [0.2, 0.25) is 10.0 Å². The van der Waals surface area contributed by atoms with Crippen LogP contribution < -0.4 is 0 Å². The van der Waals surface area contributed by atoms with Gasteiger partial charge in [-0.1, -0.05) is 23.2 Å². The average molecular weight is 504 g/mol. The number of halogens is 3. The highest BCUT2D eigenvalue weighted by Gasteiger charge is 2.35. The maximum absolute atomic E-state index is 14.3. The first-order chi connectivity index (χ1) is 15.4. The Morgan fingerprint density at radius 3 is 2.18 bits per heavy atom. The predicted molar refractivity (Wildman–Crippen MR) is 122 cm³/mol. The van der Waals surface area contributed by atoms with Gasteiger partial charge in [0, 0.05) is 29.9 Å². The molecule has 2 aromatic rings. The minimum absolute atomic E-state index is 0.0481. The molecule has 0 radical (unpaired) electrons. The Balaban J connectivity index is 0.000000981. The van der Waals surface area contributed by atoms with E-state index in [0.29, 0.717) is 0 Å². The molecule has 0 aliphatic carbocycles. The van der Waals surface area contributed by atoms with Crippen LogP contribution in [-0.4, -0.2) is 42.8 Å². The molecule has 0 unspecified atom stereocenters. The van der Waals surface area contributed by atoms with E-state index in [0.717, 1.165) is 38.5 Å². The Morgan fingerprint density at radius 1 is 1.12 bits per heavy atom. The monoisotopic (exact) mass is 503 g/mol. The Hall–Kier alpha value is -2.75. The molecular weight excluding hydrogens is 480 g/mol. The van der Waals surface area contributed by atoms with Gasteiger partial charge < -0.3 is 14.2 Å². The number of hydrogen-bond acceptors (Lipinski definition) is 7. The van der Waals surface area contributed by atoms with E-state index in [1.807, 2.05) is 13.8 Å². The van der Waals surface area contributed by atoms with E-state index < -0.39 is 39.5 Å². The van der Waals surface area contributed by atoms with Crippen molar-refractivity contribution in [1.82, 2.24) is 0 Å². The minimum atomic E-state index is -1.70. The van der Waals surface area contributed by atoms with Gasteiger partial charge in [0.2, 0.25) is 5.60 Å². The lowest BCUT2D eigenvalue weighted by Crippen LogP contribution is -2.38. The number of methoxy groups -OCH3 is 1. The van der Waals surface area contributed by atoms with Crippen molar-refractivity contribution in [3.63, 3.8) is 0 Å². The molecule has 0 aliphatic rings. The van der Waals surface area contributed by atoms with Gasteiger partial charge in [-0.3, -0.25) is 10.1 Å². The number of nitro benzene ring substituents is 1. The quantitative estimate of drug-likeness (QED) is 0.264. The number of carbonyl (C=O) groups is 2. The zero-order chi connectivity index (χ0) is 25.3. The van der Waals surface area contributed by atoms with Gasteiger partial charge in [0.15, 0.2) is 0 Å². The van der Waals surface area contributed by atoms with E-state index in [9.17, 15) is 24.1 Å². The highest BCUT2D eigenvalue weighted by Crippen LogP contribution is 2.36. The molecule has 0 heterocycles. The number of nitro groups is 1. The van der Waals surface area contributed by atoms with Crippen LogP contribution in [0.5, 0.6) is 0 Å². The molecule has 2 aromatic carbocycles. The Morgan fingerprint density at radius 2 is 1.73 bits per heavy atom. The normalized spacial score (nSPS) is 10.7. The van der Waals surface area contributed by atoms with Crippen LogP contribution >= 0.6 is 23.2 Å². The lowest BCUT2D eigenvalue weighted by Gasteiger charge is -2.22. The zero-order valence-corrected chi connectivity index (χ0v) is 20.3. The van der Waals surface area contributed by atoms with E-state index in [4.69, 9.17) is 32.7 Å². The third kappa shape index (κ3) is 7.66. The number of nitrogens with zero attached hydrogens (tertiary/aromatic N) is 1. The van der Waals surface area contributed by atoms with Crippen molar-refractivity contribution < 1.29 is 33.1 Å². The molecule has 8 nitrogen and oxygen atoms in total. The molecule has 0 atom stereocenters. The van der Waals surface area contributed by atoms with Gasteiger partial charge in [-0.05, 0) is 57.5 Å². The number of ether oxygens (including phenoxy) is 3. The second-order valence-electron chi connectivity index (χ2n) is 6.91. The highest BCUT2D eigenvalue weighted by atomic mass is 35.5. The smallest absolute Gasteiger partial charge is 0.349 e. The van der Waals surface area contributed by atoms with Gasteiger partial charge in [-0.2, -0.15) is 0 Å². The van der Waals surface area contributed by atoms with E-state index in [1.165, 1.54) is 26.0 Å². The summed E-state index contributed by atoms with van der Waals surface area (Å²) in [5.41, 5.74) is -2.77. The second kappa shape index (κ2) is 12.5. The fourth-order valence-electron chi connectivity index (χ4n) is 2.61. The van der Waals surface area contributed by atoms with Crippen molar-refractivity contribution in [2.75, 3.05) is 20.3 Å². The largest absolute Gasteiger partial charge is 0.466 e. The first kappa shape index (κ1) is 28.3. The van der Waals surface area contributed by atoms with Crippen LogP contribution in [-0.2, 0) is 19.0 Å². The summed E-state index contributed by atoms with van der Waals surface area (Å²) < 4.78 is 28.8. The fourth-order valence-corrected chi connectivity index (χ4v) is 3.19. The lowest BCUT2D eigenvalue weighted by atomic mass is 10.0. The molecule has 11 heteroatoms. The Labute approximate surface area is 200 Å². The first-order valence-corrected chi connectivity index (χ1v) is 10.5. The third-order valence-corrected chi connectivity index (χ3v) is 4.66. The molecule has 0 amide bonds. The number of carbonyl (C=O) groups excluding carboxylic acids is 2. The topological polar surface area (TPSA) is 105 Å². The maximum Gasteiger partial charge on any atom is 0.349 e. The highest BCUT2D eigenvalue weighted by molar-refractivity contribution is 6.36. The first-order valence-electron chi connectivity index (χ1n) is 9.72. The van der Waals surface area contributed by atoms with E-state index in [1.54, 1.807) is 0 Å². The molecule has 33 heavy (non-hydrogen) atoms. The molecule has 0 spiro atoms.